The molecule has 0 aliphatic carbocycles. The van der Waals surface area contributed by atoms with Crippen molar-refractivity contribution >= 4 is 17.3 Å². The van der Waals surface area contributed by atoms with Crippen molar-refractivity contribution in [2.24, 2.45) is 0 Å². The van der Waals surface area contributed by atoms with E-state index in [-0.39, 0.29) is 10.6 Å². The molecule has 0 fully saturated rings. The Morgan fingerprint density at radius 2 is 2.11 bits per heavy atom. The van der Waals surface area contributed by atoms with E-state index in [0.29, 0.717) is 11.3 Å². The van der Waals surface area contributed by atoms with Crippen LogP contribution in [0.5, 0.6) is 0 Å². The molecule has 2 aromatic rings. The number of halogens is 3. The Morgan fingerprint density at radius 3 is 2.74 bits per heavy atom. The molecule has 100 valence electrons. The van der Waals surface area contributed by atoms with E-state index in [0.717, 1.165) is 11.3 Å². The highest BCUT2D eigenvalue weighted by Crippen LogP contribution is 2.27. The summed E-state index contributed by atoms with van der Waals surface area (Å²) in [4.78, 5) is 14.7. The van der Waals surface area contributed by atoms with Crippen LogP contribution in [0.25, 0.3) is 11.3 Å². The molecule has 3 nitrogen and oxygen atoms in total. The average molecular weight is 287 g/mol. The maximum atomic E-state index is 12.2. The standard InChI is InChI=1S/C12H8F3NO2S/c13-12(14,15)5-10-16-9(6-19-10)7-2-1-3-8(4-7)11(17)18/h1-4,6H,5H2,(H,17,18). The van der Waals surface area contributed by atoms with Crippen LogP contribution in [0.15, 0.2) is 29.6 Å². The number of thiazole rings is 1. The third-order valence-electron chi connectivity index (χ3n) is 2.31. The predicted molar refractivity (Wildman–Crippen MR) is 64.3 cm³/mol. The molecule has 1 heterocycles. The molecule has 0 atom stereocenters. The van der Waals surface area contributed by atoms with E-state index in [1.54, 1.807) is 6.07 Å². The van der Waals surface area contributed by atoms with Crippen molar-refractivity contribution in [2.75, 3.05) is 0 Å². The van der Waals surface area contributed by atoms with Crippen molar-refractivity contribution in [2.45, 2.75) is 12.6 Å². The van der Waals surface area contributed by atoms with Gasteiger partial charge in [0.2, 0.25) is 0 Å². The normalized spacial score (nSPS) is 11.5. The number of carboxylic acids is 1. The van der Waals surface area contributed by atoms with Crippen LogP contribution in [0.1, 0.15) is 15.4 Å². The van der Waals surface area contributed by atoms with Gasteiger partial charge in [-0.3, -0.25) is 0 Å². The second-order valence-corrected chi connectivity index (χ2v) is 4.75. The second kappa shape index (κ2) is 5.00. The van der Waals surface area contributed by atoms with Gasteiger partial charge >= 0.3 is 12.1 Å². The Balaban J connectivity index is 2.28. The molecule has 7 heteroatoms. The zero-order valence-electron chi connectivity index (χ0n) is 9.44. The number of carbonyl (C=O) groups is 1. The highest BCUT2D eigenvalue weighted by molar-refractivity contribution is 7.09. The van der Waals surface area contributed by atoms with Gasteiger partial charge in [-0.05, 0) is 12.1 Å². The Morgan fingerprint density at radius 1 is 1.37 bits per heavy atom. The molecular formula is C12H8F3NO2S. The maximum absolute atomic E-state index is 12.2. The molecule has 19 heavy (non-hydrogen) atoms. The van der Waals surface area contributed by atoms with Gasteiger partial charge in [0.1, 0.15) is 5.01 Å². The third kappa shape index (κ3) is 3.54. The number of rotatable bonds is 3. The lowest BCUT2D eigenvalue weighted by molar-refractivity contribution is -0.127. The molecule has 0 unspecified atom stereocenters. The van der Waals surface area contributed by atoms with Crippen molar-refractivity contribution in [1.82, 2.24) is 4.98 Å². The van der Waals surface area contributed by atoms with Crippen molar-refractivity contribution in [1.29, 1.82) is 0 Å². The summed E-state index contributed by atoms with van der Waals surface area (Å²) in [5, 5.41) is 10.3. The van der Waals surface area contributed by atoms with Crippen LogP contribution in [-0.4, -0.2) is 22.2 Å². The largest absolute Gasteiger partial charge is 0.478 e. The third-order valence-corrected chi connectivity index (χ3v) is 3.16. The average Bonchev–Trinajstić information content (AvgIpc) is 2.75. The van der Waals surface area contributed by atoms with Gasteiger partial charge in [0, 0.05) is 10.9 Å². The van der Waals surface area contributed by atoms with Crippen LogP contribution in [0.3, 0.4) is 0 Å². The molecule has 0 aliphatic rings. The lowest BCUT2D eigenvalue weighted by atomic mass is 10.1. The number of aromatic carboxylic acids is 1. The van der Waals surface area contributed by atoms with Gasteiger partial charge in [-0.1, -0.05) is 12.1 Å². The van der Waals surface area contributed by atoms with E-state index in [1.807, 2.05) is 0 Å². The lowest BCUT2D eigenvalue weighted by Crippen LogP contribution is -2.11. The second-order valence-electron chi connectivity index (χ2n) is 3.80. The van der Waals surface area contributed by atoms with Crippen LogP contribution in [-0.2, 0) is 6.42 Å². The van der Waals surface area contributed by atoms with Gasteiger partial charge in [-0.25, -0.2) is 9.78 Å². The maximum Gasteiger partial charge on any atom is 0.395 e. The number of carboxylic acid groups (broad SMARTS) is 1. The first kappa shape index (κ1) is 13.5. The van der Waals surface area contributed by atoms with E-state index < -0.39 is 18.6 Å². The molecule has 0 aliphatic heterocycles. The molecule has 0 saturated carbocycles. The fraction of sp³-hybridized carbons (Fsp3) is 0.167. The minimum absolute atomic E-state index is 0.0387. The van der Waals surface area contributed by atoms with Crippen molar-refractivity contribution in [3.63, 3.8) is 0 Å². The van der Waals surface area contributed by atoms with Crippen LogP contribution < -0.4 is 0 Å². The van der Waals surface area contributed by atoms with Crippen molar-refractivity contribution < 1.29 is 23.1 Å². The highest BCUT2D eigenvalue weighted by atomic mass is 32.1. The first-order valence-corrected chi connectivity index (χ1v) is 6.08. The zero-order chi connectivity index (χ0) is 14.0. The summed E-state index contributed by atoms with van der Waals surface area (Å²) >= 11 is 0.907. The Bertz CT molecular complexity index is 607. The molecule has 0 radical (unpaired) electrons. The molecule has 1 aromatic heterocycles. The predicted octanol–water partition coefficient (Wildman–Crippen LogP) is 3.61. The van der Waals surface area contributed by atoms with Crippen molar-refractivity contribution in [3.05, 3.63) is 40.2 Å². The number of hydrogen-bond acceptors (Lipinski definition) is 3. The summed E-state index contributed by atoms with van der Waals surface area (Å²) in [7, 11) is 0. The minimum Gasteiger partial charge on any atom is -0.478 e. The SMILES string of the molecule is O=C(O)c1cccc(-c2csc(CC(F)(F)F)n2)c1. The summed E-state index contributed by atoms with van der Waals surface area (Å²) in [5.74, 6) is -1.09. The summed E-state index contributed by atoms with van der Waals surface area (Å²) in [5.41, 5.74) is 0.916. The van der Waals surface area contributed by atoms with Gasteiger partial charge in [0.05, 0.1) is 17.7 Å². The van der Waals surface area contributed by atoms with Crippen LogP contribution in [0, 0.1) is 0 Å². The van der Waals surface area contributed by atoms with Crippen LogP contribution in [0.2, 0.25) is 0 Å². The molecule has 0 spiro atoms. The lowest BCUT2D eigenvalue weighted by Gasteiger charge is -2.02. The molecule has 1 aromatic carbocycles. The van der Waals surface area contributed by atoms with Gasteiger partial charge in [-0.15, -0.1) is 11.3 Å². The number of hydrogen-bond donors (Lipinski definition) is 1. The van der Waals surface area contributed by atoms with Gasteiger partial charge < -0.3 is 5.11 Å². The van der Waals surface area contributed by atoms with E-state index in [9.17, 15) is 18.0 Å². The Labute approximate surface area is 110 Å². The number of alkyl halides is 3. The molecule has 0 amide bonds. The molecule has 0 saturated heterocycles. The fourth-order valence-electron chi connectivity index (χ4n) is 1.51. The quantitative estimate of drug-likeness (QED) is 0.938. The zero-order valence-corrected chi connectivity index (χ0v) is 10.3. The van der Waals surface area contributed by atoms with Crippen molar-refractivity contribution in [3.8, 4) is 11.3 Å². The number of aromatic nitrogens is 1. The van der Waals surface area contributed by atoms with Gasteiger partial charge in [-0.2, -0.15) is 13.2 Å². The monoisotopic (exact) mass is 287 g/mol. The van der Waals surface area contributed by atoms with E-state index in [2.05, 4.69) is 4.98 Å². The van der Waals surface area contributed by atoms with Gasteiger partial charge in [0.15, 0.2) is 0 Å². The Kier molecular flexibility index (Phi) is 3.57. The first-order valence-electron chi connectivity index (χ1n) is 5.20. The highest BCUT2D eigenvalue weighted by Gasteiger charge is 2.29. The topological polar surface area (TPSA) is 50.2 Å². The van der Waals surface area contributed by atoms with E-state index >= 15 is 0 Å². The fourth-order valence-corrected chi connectivity index (χ4v) is 2.34. The minimum atomic E-state index is -4.29. The van der Waals surface area contributed by atoms with Gasteiger partial charge in [0.25, 0.3) is 0 Å². The van der Waals surface area contributed by atoms with Crippen LogP contribution >= 0.6 is 11.3 Å². The van der Waals surface area contributed by atoms with E-state index in [4.69, 9.17) is 5.11 Å². The summed E-state index contributed by atoms with van der Waals surface area (Å²) in [6, 6.07) is 5.93. The Hall–Kier alpha value is -1.89. The number of nitrogens with zero attached hydrogens (tertiary/aromatic N) is 1. The smallest absolute Gasteiger partial charge is 0.395 e. The summed E-state index contributed by atoms with van der Waals surface area (Å²) in [6.45, 7) is 0. The summed E-state index contributed by atoms with van der Waals surface area (Å²) < 4.78 is 36.6. The molecule has 2 rings (SSSR count). The molecule has 0 bridgehead atoms. The number of benzene rings is 1. The van der Waals surface area contributed by atoms with Crippen LogP contribution in [0.4, 0.5) is 13.2 Å². The van der Waals surface area contributed by atoms with E-state index in [1.165, 1.54) is 23.6 Å². The summed E-state index contributed by atoms with van der Waals surface area (Å²) in [6.07, 6.45) is -5.37. The molecular weight excluding hydrogens is 279 g/mol. The first-order chi connectivity index (χ1) is 8.85. The molecule has 1 N–H and O–H groups in total.